The summed E-state index contributed by atoms with van der Waals surface area (Å²) in [5.74, 6) is 0. The molecule has 0 spiro atoms. The van der Waals surface area contributed by atoms with Crippen LogP contribution in [0.3, 0.4) is 0 Å². The third kappa shape index (κ3) is 3.40. The van der Waals surface area contributed by atoms with E-state index in [0.717, 1.165) is 17.1 Å². The monoisotopic (exact) mass is 671 g/mol. The van der Waals surface area contributed by atoms with Gasteiger partial charge in [0.1, 0.15) is 0 Å². The fourth-order valence-corrected chi connectivity index (χ4v) is 9.80. The van der Waals surface area contributed by atoms with Crippen molar-refractivity contribution >= 4 is 115 Å². The molecule has 0 unspecified atom stereocenters. The topological polar surface area (TPSA) is 12.1 Å². The van der Waals surface area contributed by atoms with Crippen LogP contribution in [0.25, 0.3) is 97.7 Å². The van der Waals surface area contributed by atoms with Crippen molar-refractivity contribution in [1.82, 2.24) is 8.80 Å². The molecule has 4 heterocycles. The Balaban J connectivity index is 1.31. The highest BCUT2D eigenvalue weighted by atomic mass is 15.2. The Kier molecular flexibility index (Phi) is 5.11. The zero-order valence-electron chi connectivity index (χ0n) is 28.6. The van der Waals surface area contributed by atoms with Crippen molar-refractivity contribution in [2.45, 2.75) is 0 Å². The molecule has 0 aliphatic heterocycles. The van der Waals surface area contributed by atoms with E-state index in [1.807, 2.05) is 0 Å². The maximum absolute atomic E-state index is 2.61. The summed E-state index contributed by atoms with van der Waals surface area (Å²) in [6, 6.07) is 65.0. The standard InChI is InChI=1S/C50H29N3/c1-3-16-32(17-4-1)51(33-18-5-2-6-19-33)45-27-31-15-8-10-21-35(31)47-46-34-20-9-7-14-30(34)26-41-40-29-43-39(28-44(40)53(49(41)46)50(45)47)38-24-13-23-37-36-22-11-12-25-42(36)52(43)48(37)38/h1-29H. The van der Waals surface area contributed by atoms with E-state index in [1.54, 1.807) is 0 Å². The van der Waals surface area contributed by atoms with Gasteiger partial charge < -0.3 is 13.7 Å². The molecule has 53 heavy (non-hydrogen) atoms. The number of para-hydroxylation sites is 4. The molecule has 4 aromatic heterocycles. The highest BCUT2D eigenvalue weighted by Crippen LogP contribution is 2.51. The molecule has 3 heteroatoms. The average molecular weight is 672 g/mol. The third-order valence-electron chi connectivity index (χ3n) is 11.9. The van der Waals surface area contributed by atoms with E-state index in [9.17, 15) is 0 Å². The predicted molar refractivity (Wildman–Crippen MR) is 225 cm³/mol. The summed E-state index contributed by atoms with van der Waals surface area (Å²) < 4.78 is 5.11. The largest absolute Gasteiger partial charge is 0.308 e. The normalized spacial score (nSPS) is 12.5. The van der Waals surface area contributed by atoms with Gasteiger partial charge in [-0.2, -0.15) is 0 Å². The van der Waals surface area contributed by atoms with E-state index >= 15 is 0 Å². The lowest BCUT2D eigenvalue weighted by Gasteiger charge is -2.27. The number of aromatic nitrogens is 2. The van der Waals surface area contributed by atoms with Crippen molar-refractivity contribution in [2.24, 2.45) is 0 Å². The average Bonchev–Trinajstić information content (AvgIpc) is 3.94. The molecule has 0 aliphatic carbocycles. The van der Waals surface area contributed by atoms with Crippen LogP contribution in [0.4, 0.5) is 17.1 Å². The van der Waals surface area contributed by atoms with Gasteiger partial charge in [-0.1, -0.05) is 121 Å². The van der Waals surface area contributed by atoms with Gasteiger partial charge in [0.25, 0.3) is 0 Å². The molecule has 0 amide bonds. The first-order valence-electron chi connectivity index (χ1n) is 18.4. The lowest BCUT2D eigenvalue weighted by atomic mass is 9.96. The molecular formula is C50H29N3. The first kappa shape index (κ1) is 27.6. The van der Waals surface area contributed by atoms with Crippen molar-refractivity contribution < 1.29 is 0 Å². The molecule has 0 atom stereocenters. The molecule has 0 bridgehead atoms. The highest BCUT2D eigenvalue weighted by molar-refractivity contribution is 6.38. The van der Waals surface area contributed by atoms with Crippen molar-refractivity contribution in [1.29, 1.82) is 0 Å². The van der Waals surface area contributed by atoms with E-state index in [4.69, 9.17) is 0 Å². The van der Waals surface area contributed by atoms with E-state index in [0.29, 0.717) is 0 Å². The van der Waals surface area contributed by atoms with Crippen LogP contribution in [0, 0.1) is 0 Å². The van der Waals surface area contributed by atoms with Crippen LogP contribution in [0.2, 0.25) is 0 Å². The fraction of sp³-hybridized carbons (Fsp3) is 0. The van der Waals surface area contributed by atoms with Gasteiger partial charge in [-0.3, -0.25) is 0 Å². The summed E-state index contributed by atoms with van der Waals surface area (Å²) in [5, 5.41) is 15.4. The van der Waals surface area contributed by atoms with Crippen LogP contribution in [0.15, 0.2) is 176 Å². The number of rotatable bonds is 3. The number of anilines is 3. The van der Waals surface area contributed by atoms with Gasteiger partial charge in [-0.05, 0) is 76.1 Å². The summed E-state index contributed by atoms with van der Waals surface area (Å²) in [4.78, 5) is 2.45. The molecule has 9 aromatic carbocycles. The molecule has 0 aliphatic rings. The third-order valence-corrected chi connectivity index (χ3v) is 11.9. The maximum atomic E-state index is 2.61. The van der Waals surface area contributed by atoms with Crippen LogP contribution < -0.4 is 4.90 Å². The Morgan fingerprint density at radius 2 is 0.811 bits per heavy atom. The van der Waals surface area contributed by atoms with E-state index in [-0.39, 0.29) is 0 Å². The zero-order chi connectivity index (χ0) is 34.4. The van der Waals surface area contributed by atoms with Gasteiger partial charge >= 0.3 is 0 Å². The van der Waals surface area contributed by atoms with Gasteiger partial charge in [-0.15, -0.1) is 0 Å². The van der Waals surface area contributed by atoms with Crippen LogP contribution in [0.1, 0.15) is 0 Å². The van der Waals surface area contributed by atoms with Crippen molar-refractivity contribution in [2.75, 3.05) is 4.90 Å². The Morgan fingerprint density at radius 3 is 1.51 bits per heavy atom. The maximum Gasteiger partial charge on any atom is 0.0789 e. The molecule has 244 valence electrons. The molecule has 0 N–H and O–H groups in total. The Labute approximate surface area is 303 Å². The second-order valence-electron chi connectivity index (χ2n) is 14.5. The molecule has 3 nitrogen and oxygen atoms in total. The van der Waals surface area contributed by atoms with Crippen LogP contribution in [-0.4, -0.2) is 8.80 Å². The summed E-state index contributed by atoms with van der Waals surface area (Å²) in [6.07, 6.45) is 0. The molecule has 0 saturated carbocycles. The number of nitrogens with zero attached hydrogens (tertiary/aromatic N) is 3. The fourth-order valence-electron chi connectivity index (χ4n) is 9.80. The van der Waals surface area contributed by atoms with Gasteiger partial charge in [0.15, 0.2) is 0 Å². The molecule has 0 saturated heterocycles. The van der Waals surface area contributed by atoms with Gasteiger partial charge in [-0.25, -0.2) is 0 Å². The van der Waals surface area contributed by atoms with Crippen molar-refractivity contribution in [3.05, 3.63) is 176 Å². The minimum atomic E-state index is 1.13. The van der Waals surface area contributed by atoms with E-state index in [2.05, 4.69) is 190 Å². The number of hydrogen-bond donors (Lipinski definition) is 0. The first-order chi connectivity index (χ1) is 26.3. The SMILES string of the molecule is c1ccc(N(c2ccccc2)c2cc3ccccc3c3c4c5ccccc5cc5c6cc7c(cc6n(c23)c54)c2cccc3c4ccccc4n7c32)cc1. The van der Waals surface area contributed by atoms with Gasteiger partial charge in [0.2, 0.25) is 0 Å². The predicted octanol–water partition coefficient (Wildman–Crippen LogP) is 13.8. The van der Waals surface area contributed by atoms with Gasteiger partial charge in [0, 0.05) is 54.5 Å². The Bertz CT molecular complexity index is 3570. The number of hydrogen-bond acceptors (Lipinski definition) is 1. The lowest BCUT2D eigenvalue weighted by Crippen LogP contribution is -2.11. The second-order valence-corrected chi connectivity index (χ2v) is 14.5. The molecule has 13 rings (SSSR count). The van der Waals surface area contributed by atoms with Gasteiger partial charge in [0.05, 0.1) is 38.8 Å². The number of benzene rings is 9. The molecule has 0 radical (unpaired) electrons. The summed E-state index contributed by atoms with van der Waals surface area (Å²) in [5.41, 5.74) is 11.0. The Morgan fingerprint density at radius 1 is 0.302 bits per heavy atom. The minimum Gasteiger partial charge on any atom is -0.308 e. The summed E-state index contributed by atoms with van der Waals surface area (Å²) in [7, 11) is 0. The highest BCUT2D eigenvalue weighted by Gasteiger charge is 2.28. The minimum absolute atomic E-state index is 1.13. The van der Waals surface area contributed by atoms with E-state index < -0.39 is 0 Å². The molecule has 0 fully saturated rings. The Hall–Kier alpha value is -7.10. The lowest BCUT2D eigenvalue weighted by molar-refractivity contribution is 1.27. The molecular weight excluding hydrogens is 643 g/mol. The summed E-state index contributed by atoms with van der Waals surface area (Å²) in [6.45, 7) is 0. The van der Waals surface area contributed by atoms with Crippen molar-refractivity contribution in [3.63, 3.8) is 0 Å². The molecule has 13 aromatic rings. The van der Waals surface area contributed by atoms with Crippen LogP contribution >= 0.6 is 0 Å². The zero-order valence-corrected chi connectivity index (χ0v) is 28.6. The second kappa shape index (κ2) is 9.81. The quantitative estimate of drug-likeness (QED) is 0.182. The smallest absolute Gasteiger partial charge is 0.0789 e. The van der Waals surface area contributed by atoms with Crippen molar-refractivity contribution in [3.8, 4) is 0 Å². The summed E-state index contributed by atoms with van der Waals surface area (Å²) >= 11 is 0. The first-order valence-corrected chi connectivity index (χ1v) is 18.4. The number of fused-ring (bicyclic) bond motifs is 16. The van der Waals surface area contributed by atoms with E-state index in [1.165, 1.54) is 97.7 Å². The van der Waals surface area contributed by atoms with Crippen LogP contribution in [0.5, 0.6) is 0 Å². The van der Waals surface area contributed by atoms with Crippen LogP contribution in [-0.2, 0) is 0 Å².